The molecule has 0 aliphatic carbocycles. The molecule has 2 aliphatic rings. The highest BCUT2D eigenvalue weighted by Gasteiger charge is 2.34. The van der Waals surface area contributed by atoms with Crippen LogP contribution in [0.25, 0.3) is 0 Å². The van der Waals surface area contributed by atoms with E-state index in [1.807, 2.05) is 0 Å². The predicted molar refractivity (Wildman–Crippen MR) is 117 cm³/mol. The molecule has 7 nitrogen and oxygen atoms in total. The first-order chi connectivity index (χ1) is 14.2. The molecule has 10 heteroatoms. The van der Waals surface area contributed by atoms with E-state index in [0.717, 1.165) is 19.6 Å². The Kier molecular flexibility index (Phi) is 8.03. The number of morpholine rings is 1. The van der Waals surface area contributed by atoms with E-state index < -0.39 is 10.0 Å². The Morgan fingerprint density at radius 3 is 2.27 bits per heavy atom. The van der Waals surface area contributed by atoms with Crippen LogP contribution in [0.5, 0.6) is 0 Å². The Balaban J connectivity index is 1.48. The number of sulfonamides is 1. The molecule has 2 saturated heterocycles. The minimum absolute atomic E-state index is 0.0165. The molecule has 1 amide bonds. The van der Waals surface area contributed by atoms with Gasteiger partial charge in [-0.2, -0.15) is 4.31 Å². The quantitative estimate of drug-likeness (QED) is 0.680. The lowest BCUT2D eigenvalue weighted by molar-refractivity contribution is -0.126. The number of hydrogen-bond acceptors (Lipinski definition) is 5. The summed E-state index contributed by atoms with van der Waals surface area (Å²) in [4.78, 5) is 14.8. The highest BCUT2D eigenvalue weighted by Crippen LogP contribution is 2.33. The fraction of sp³-hybridized carbons (Fsp3) is 0.650. The molecule has 0 radical (unpaired) electrons. The smallest absolute Gasteiger partial charge is 0.246 e. The van der Waals surface area contributed by atoms with Gasteiger partial charge in [0.15, 0.2) is 0 Å². The van der Waals surface area contributed by atoms with Crippen LogP contribution in [0.4, 0.5) is 0 Å². The van der Waals surface area contributed by atoms with Gasteiger partial charge in [-0.05, 0) is 38.8 Å². The van der Waals surface area contributed by atoms with Crippen molar-refractivity contribution in [3.63, 3.8) is 0 Å². The summed E-state index contributed by atoms with van der Waals surface area (Å²) in [5.41, 5.74) is 0. The number of rotatable bonds is 6. The number of hydrogen-bond donors (Lipinski definition) is 1. The van der Waals surface area contributed by atoms with Crippen LogP contribution in [0, 0.1) is 5.92 Å². The second-order valence-corrected chi connectivity index (χ2v) is 10.7. The van der Waals surface area contributed by atoms with Gasteiger partial charge in [0.25, 0.3) is 0 Å². The van der Waals surface area contributed by atoms with Gasteiger partial charge in [0.05, 0.1) is 22.3 Å². The lowest BCUT2D eigenvalue weighted by atomic mass is 9.97. The first-order valence-corrected chi connectivity index (χ1v) is 12.5. The number of halogens is 2. The number of piperidine rings is 1. The van der Waals surface area contributed by atoms with E-state index in [2.05, 4.69) is 24.1 Å². The van der Waals surface area contributed by atoms with Crippen LogP contribution >= 0.6 is 23.2 Å². The highest BCUT2D eigenvalue weighted by atomic mass is 35.5. The number of carbonyl (C=O) groups is 1. The van der Waals surface area contributed by atoms with Crippen molar-refractivity contribution in [2.75, 3.05) is 39.3 Å². The van der Waals surface area contributed by atoms with Gasteiger partial charge in [-0.25, -0.2) is 8.42 Å². The normalized spacial score (nSPS) is 24.7. The number of benzene rings is 1. The van der Waals surface area contributed by atoms with Gasteiger partial charge < -0.3 is 10.1 Å². The Bertz CT molecular complexity index is 829. The van der Waals surface area contributed by atoms with E-state index >= 15 is 0 Å². The molecule has 30 heavy (non-hydrogen) atoms. The van der Waals surface area contributed by atoms with Gasteiger partial charge in [-0.15, -0.1) is 0 Å². The molecular formula is C20H29Cl2N3O4S. The van der Waals surface area contributed by atoms with Gasteiger partial charge in [0.1, 0.15) is 4.90 Å². The van der Waals surface area contributed by atoms with Crippen molar-refractivity contribution in [2.24, 2.45) is 5.92 Å². The fourth-order valence-corrected chi connectivity index (χ4v) is 6.73. The summed E-state index contributed by atoms with van der Waals surface area (Å²) in [5.74, 6) is -0.210. The summed E-state index contributed by atoms with van der Waals surface area (Å²) in [6.07, 6.45) is 1.34. The van der Waals surface area contributed by atoms with E-state index in [-0.39, 0.29) is 52.1 Å². The van der Waals surface area contributed by atoms with Crippen LogP contribution in [0.15, 0.2) is 23.1 Å². The third-order valence-corrected chi connectivity index (χ3v) is 8.42. The predicted octanol–water partition coefficient (Wildman–Crippen LogP) is 2.62. The molecule has 0 bridgehead atoms. The summed E-state index contributed by atoms with van der Waals surface area (Å²) in [7, 11) is -3.80. The first-order valence-electron chi connectivity index (χ1n) is 10.3. The molecule has 2 unspecified atom stereocenters. The molecule has 1 N–H and O–H groups in total. The molecular weight excluding hydrogens is 449 g/mol. The number of amides is 1. The van der Waals surface area contributed by atoms with Gasteiger partial charge in [0, 0.05) is 45.2 Å². The Labute approximate surface area is 188 Å². The van der Waals surface area contributed by atoms with Crippen molar-refractivity contribution < 1.29 is 17.9 Å². The minimum atomic E-state index is -3.80. The van der Waals surface area contributed by atoms with E-state index in [0.29, 0.717) is 19.4 Å². The second kappa shape index (κ2) is 10.1. The third kappa shape index (κ3) is 5.66. The summed E-state index contributed by atoms with van der Waals surface area (Å²) >= 11 is 12.2. The summed E-state index contributed by atoms with van der Waals surface area (Å²) in [6, 6.07) is 4.63. The van der Waals surface area contributed by atoms with Crippen LogP contribution < -0.4 is 5.32 Å². The van der Waals surface area contributed by atoms with E-state index in [1.54, 1.807) is 6.07 Å². The van der Waals surface area contributed by atoms with Crippen molar-refractivity contribution in [3.05, 3.63) is 28.2 Å². The molecule has 1 aromatic carbocycles. The van der Waals surface area contributed by atoms with Crippen LogP contribution in [-0.2, 0) is 19.6 Å². The first kappa shape index (κ1) is 23.8. The number of nitrogens with zero attached hydrogens (tertiary/aromatic N) is 2. The van der Waals surface area contributed by atoms with Gasteiger partial charge >= 0.3 is 0 Å². The molecule has 3 rings (SSSR count). The molecule has 0 saturated carbocycles. The Morgan fingerprint density at radius 1 is 1.13 bits per heavy atom. The van der Waals surface area contributed by atoms with E-state index in [1.165, 1.54) is 16.4 Å². The van der Waals surface area contributed by atoms with Gasteiger partial charge in [-0.3, -0.25) is 9.69 Å². The second-order valence-electron chi connectivity index (χ2n) is 8.04. The molecule has 1 aromatic rings. The largest absolute Gasteiger partial charge is 0.373 e. The standard InChI is InChI=1S/C20H29Cl2N3O4S/c1-14-12-24(13-15(2)29-14)11-8-23-20(26)16-6-9-25(10-7-16)30(27,28)19-17(21)4-3-5-18(19)22/h3-5,14-16H,6-13H2,1-2H3,(H,23,26). The van der Waals surface area contributed by atoms with Crippen LogP contribution in [-0.4, -0.2) is 75.0 Å². The molecule has 0 aromatic heterocycles. The van der Waals surface area contributed by atoms with Crippen molar-refractivity contribution >= 4 is 39.1 Å². The lowest BCUT2D eigenvalue weighted by Crippen LogP contribution is -2.48. The minimum Gasteiger partial charge on any atom is -0.373 e. The Morgan fingerprint density at radius 2 is 1.70 bits per heavy atom. The monoisotopic (exact) mass is 477 g/mol. The maximum atomic E-state index is 12.9. The number of carbonyl (C=O) groups excluding carboxylic acids is 1. The summed E-state index contributed by atoms with van der Waals surface area (Å²) in [5, 5.41) is 3.21. The molecule has 2 atom stereocenters. The molecule has 2 aliphatic heterocycles. The highest BCUT2D eigenvalue weighted by molar-refractivity contribution is 7.89. The maximum absolute atomic E-state index is 12.9. The van der Waals surface area contributed by atoms with Crippen LogP contribution in [0.2, 0.25) is 10.0 Å². The molecule has 168 valence electrons. The average Bonchev–Trinajstić information content (AvgIpc) is 2.67. The van der Waals surface area contributed by atoms with Crippen molar-refractivity contribution in [1.82, 2.24) is 14.5 Å². The van der Waals surface area contributed by atoms with Gasteiger partial charge in [-0.1, -0.05) is 29.3 Å². The number of ether oxygens (including phenoxy) is 1. The van der Waals surface area contributed by atoms with Crippen LogP contribution in [0.3, 0.4) is 0 Å². The zero-order valence-corrected chi connectivity index (χ0v) is 19.6. The topological polar surface area (TPSA) is 79.0 Å². The van der Waals surface area contributed by atoms with Crippen molar-refractivity contribution in [2.45, 2.75) is 43.8 Å². The molecule has 0 spiro atoms. The van der Waals surface area contributed by atoms with Crippen molar-refractivity contribution in [1.29, 1.82) is 0 Å². The summed E-state index contributed by atoms with van der Waals surface area (Å²) < 4.78 is 33.0. The Hall–Kier alpha value is -0.900. The zero-order valence-electron chi connectivity index (χ0n) is 17.3. The fourth-order valence-electron chi connectivity index (χ4n) is 4.16. The van der Waals surface area contributed by atoms with E-state index in [9.17, 15) is 13.2 Å². The third-order valence-electron chi connectivity index (χ3n) is 5.56. The summed E-state index contributed by atoms with van der Waals surface area (Å²) in [6.45, 7) is 7.72. The lowest BCUT2D eigenvalue weighted by Gasteiger charge is -2.35. The SMILES string of the molecule is CC1CN(CCNC(=O)C2CCN(S(=O)(=O)c3c(Cl)cccc3Cl)CC2)CC(C)O1. The van der Waals surface area contributed by atoms with Gasteiger partial charge in [0.2, 0.25) is 15.9 Å². The number of nitrogens with one attached hydrogen (secondary N) is 1. The maximum Gasteiger partial charge on any atom is 0.246 e. The van der Waals surface area contributed by atoms with Crippen LogP contribution in [0.1, 0.15) is 26.7 Å². The molecule has 2 fully saturated rings. The van der Waals surface area contributed by atoms with E-state index in [4.69, 9.17) is 27.9 Å². The molecule has 2 heterocycles. The zero-order chi connectivity index (χ0) is 21.9. The van der Waals surface area contributed by atoms with Crippen molar-refractivity contribution in [3.8, 4) is 0 Å². The average molecular weight is 478 g/mol.